The molecule has 1 amide bonds. The lowest BCUT2D eigenvalue weighted by Gasteiger charge is -2.11. The smallest absolute Gasteiger partial charge is 0.225 e. The molecule has 0 aliphatic heterocycles. The number of rotatable bonds is 6. The Morgan fingerprint density at radius 2 is 2.29 bits per heavy atom. The second-order valence-electron chi connectivity index (χ2n) is 3.58. The second-order valence-corrected chi connectivity index (χ2v) is 3.58. The van der Waals surface area contributed by atoms with Crippen molar-refractivity contribution in [2.24, 2.45) is 5.73 Å². The van der Waals surface area contributed by atoms with Crippen LogP contribution in [0.4, 0.5) is 10.1 Å². The largest absolute Gasteiger partial charge is 0.491 e. The molecule has 4 nitrogen and oxygen atoms in total. The summed E-state index contributed by atoms with van der Waals surface area (Å²) in [4.78, 5) is 11.4. The van der Waals surface area contributed by atoms with Crippen LogP contribution in [0, 0.1) is 5.82 Å². The maximum Gasteiger partial charge on any atom is 0.225 e. The van der Waals surface area contributed by atoms with Gasteiger partial charge in [0.1, 0.15) is 11.6 Å². The molecule has 0 saturated carbocycles. The van der Waals surface area contributed by atoms with Crippen molar-refractivity contribution in [3.63, 3.8) is 0 Å². The molecule has 0 spiro atoms. The van der Waals surface area contributed by atoms with Crippen LogP contribution in [0.2, 0.25) is 0 Å². The van der Waals surface area contributed by atoms with Gasteiger partial charge in [-0.05, 0) is 18.6 Å². The Bertz CT molecular complexity index is 383. The standard InChI is InChI=1S/C12H17FN2O2/c1-2-7-17-11-8-9(13)3-4-10(11)15-12(16)5-6-14/h3-4,8H,2,5-7,14H2,1H3,(H,15,16). The molecule has 0 fully saturated rings. The summed E-state index contributed by atoms with van der Waals surface area (Å²) in [5.41, 5.74) is 5.74. The van der Waals surface area contributed by atoms with E-state index in [0.717, 1.165) is 6.42 Å². The van der Waals surface area contributed by atoms with Gasteiger partial charge in [0, 0.05) is 19.0 Å². The van der Waals surface area contributed by atoms with Crippen LogP contribution >= 0.6 is 0 Å². The van der Waals surface area contributed by atoms with E-state index in [1.807, 2.05) is 6.92 Å². The summed E-state index contributed by atoms with van der Waals surface area (Å²) in [5, 5.41) is 2.64. The van der Waals surface area contributed by atoms with Crippen molar-refractivity contribution in [3.8, 4) is 5.75 Å². The molecule has 0 bridgehead atoms. The number of carbonyl (C=O) groups excluding carboxylic acids is 1. The molecule has 1 aromatic carbocycles. The van der Waals surface area contributed by atoms with Crippen molar-refractivity contribution in [1.82, 2.24) is 0 Å². The molecule has 17 heavy (non-hydrogen) atoms. The van der Waals surface area contributed by atoms with Gasteiger partial charge < -0.3 is 15.8 Å². The zero-order valence-corrected chi connectivity index (χ0v) is 9.83. The van der Waals surface area contributed by atoms with E-state index in [2.05, 4.69) is 5.32 Å². The molecule has 3 N–H and O–H groups in total. The van der Waals surface area contributed by atoms with Gasteiger partial charge in [0.25, 0.3) is 0 Å². The normalized spacial score (nSPS) is 10.1. The van der Waals surface area contributed by atoms with Crippen molar-refractivity contribution < 1.29 is 13.9 Å². The van der Waals surface area contributed by atoms with Crippen LogP contribution in [0.1, 0.15) is 19.8 Å². The minimum Gasteiger partial charge on any atom is -0.491 e. The topological polar surface area (TPSA) is 64.3 Å². The van der Waals surface area contributed by atoms with E-state index in [1.165, 1.54) is 18.2 Å². The lowest BCUT2D eigenvalue weighted by molar-refractivity contribution is -0.116. The summed E-state index contributed by atoms with van der Waals surface area (Å²) in [5.74, 6) is -0.259. The molecule has 0 atom stereocenters. The van der Waals surface area contributed by atoms with Gasteiger partial charge in [-0.1, -0.05) is 6.92 Å². The van der Waals surface area contributed by atoms with Crippen molar-refractivity contribution in [3.05, 3.63) is 24.0 Å². The first-order valence-corrected chi connectivity index (χ1v) is 5.59. The molecule has 1 rings (SSSR count). The Morgan fingerprint density at radius 3 is 2.94 bits per heavy atom. The first-order valence-electron chi connectivity index (χ1n) is 5.59. The summed E-state index contributed by atoms with van der Waals surface area (Å²) < 4.78 is 18.4. The Morgan fingerprint density at radius 1 is 1.53 bits per heavy atom. The minimum atomic E-state index is -0.395. The van der Waals surface area contributed by atoms with E-state index in [0.29, 0.717) is 18.0 Å². The molecule has 0 saturated heterocycles. The highest BCUT2D eigenvalue weighted by Gasteiger charge is 2.08. The van der Waals surface area contributed by atoms with Crippen LogP contribution in [0.3, 0.4) is 0 Å². The lowest BCUT2D eigenvalue weighted by atomic mass is 10.2. The van der Waals surface area contributed by atoms with Gasteiger partial charge in [-0.2, -0.15) is 0 Å². The van der Waals surface area contributed by atoms with Crippen molar-refractivity contribution in [2.75, 3.05) is 18.5 Å². The highest BCUT2D eigenvalue weighted by Crippen LogP contribution is 2.25. The van der Waals surface area contributed by atoms with Gasteiger partial charge in [0.2, 0.25) is 5.91 Å². The first kappa shape index (κ1) is 13.4. The number of hydrogen-bond donors (Lipinski definition) is 2. The van der Waals surface area contributed by atoms with Crippen molar-refractivity contribution >= 4 is 11.6 Å². The van der Waals surface area contributed by atoms with Gasteiger partial charge >= 0.3 is 0 Å². The molecule has 0 aromatic heterocycles. The number of halogens is 1. The van der Waals surface area contributed by atoms with Crippen LogP contribution in [-0.2, 0) is 4.79 Å². The number of amides is 1. The molecule has 94 valence electrons. The number of carbonyl (C=O) groups is 1. The number of anilines is 1. The van der Waals surface area contributed by atoms with Gasteiger partial charge in [-0.3, -0.25) is 4.79 Å². The Hall–Kier alpha value is -1.62. The van der Waals surface area contributed by atoms with E-state index >= 15 is 0 Å². The van der Waals surface area contributed by atoms with Crippen LogP contribution in [0.25, 0.3) is 0 Å². The average Bonchev–Trinajstić information content (AvgIpc) is 2.30. The van der Waals surface area contributed by atoms with Crippen LogP contribution in [0.15, 0.2) is 18.2 Å². The highest BCUT2D eigenvalue weighted by atomic mass is 19.1. The van der Waals surface area contributed by atoms with Crippen molar-refractivity contribution in [2.45, 2.75) is 19.8 Å². The number of nitrogens with one attached hydrogen (secondary N) is 1. The summed E-state index contributed by atoms with van der Waals surface area (Å²) in [6.07, 6.45) is 1.04. The molecule has 5 heteroatoms. The number of hydrogen-bond acceptors (Lipinski definition) is 3. The van der Waals surface area contributed by atoms with E-state index < -0.39 is 5.82 Å². The maximum atomic E-state index is 13.0. The molecular formula is C12H17FN2O2. The SMILES string of the molecule is CCCOc1cc(F)ccc1NC(=O)CCN. The summed E-state index contributed by atoms with van der Waals surface area (Å²) in [7, 11) is 0. The van der Waals surface area contributed by atoms with E-state index in [1.54, 1.807) is 0 Å². The minimum absolute atomic E-state index is 0.208. The van der Waals surface area contributed by atoms with Gasteiger partial charge in [-0.25, -0.2) is 4.39 Å². The number of benzene rings is 1. The third-order valence-electron chi connectivity index (χ3n) is 2.05. The number of ether oxygens (including phenoxy) is 1. The van der Waals surface area contributed by atoms with E-state index in [4.69, 9.17) is 10.5 Å². The molecule has 1 aromatic rings. The Labute approximate surface area is 100.0 Å². The molecular weight excluding hydrogens is 223 g/mol. The van der Waals surface area contributed by atoms with E-state index in [-0.39, 0.29) is 18.9 Å². The average molecular weight is 240 g/mol. The zero-order valence-electron chi connectivity index (χ0n) is 9.83. The van der Waals surface area contributed by atoms with Gasteiger partial charge in [0.15, 0.2) is 0 Å². The zero-order chi connectivity index (χ0) is 12.7. The molecule has 0 heterocycles. The molecule has 0 unspecified atom stereocenters. The van der Waals surface area contributed by atoms with Crippen molar-refractivity contribution in [1.29, 1.82) is 0 Å². The van der Waals surface area contributed by atoms with Crippen LogP contribution < -0.4 is 15.8 Å². The molecule has 0 aliphatic rings. The third-order valence-corrected chi connectivity index (χ3v) is 2.05. The summed E-state index contributed by atoms with van der Waals surface area (Å²) in [6.45, 7) is 2.70. The molecule has 0 aliphatic carbocycles. The summed E-state index contributed by atoms with van der Waals surface area (Å²) in [6, 6.07) is 4.01. The van der Waals surface area contributed by atoms with E-state index in [9.17, 15) is 9.18 Å². The first-order chi connectivity index (χ1) is 8.17. The Balaban J connectivity index is 2.78. The summed E-state index contributed by atoms with van der Waals surface area (Å²) >= 11 is 0. The highest BCUT2D eigenvalue weighted by molar-refractivity contribution is 5.92. The monoisotopic (exact) mass is 240 g/mol. The number of nitrogens with two attached hydrogens (primary N) is 1. The van der Waals surface area contributed by atoms with Gasteiger partial charge in [0.05, 0.1) is 12.3 Å². The fourth-order valence-electron chi connectivity index (χ4n) is 1.27. The second kappa shape index (κ2) is 6.85. The predicted molar refractivity (Wildman–Crippen MR) is 64.5 cm³/mol. The Kier molecular flexibility index (Phi) is 5.42. The molecule has 0 radical (unpaired) electrons. The third kappa shape index (κ3) is 4.40. The fraction of sp³-hybridized carbons (Fsp3) is 0.417. The fourth-order valence-corrected chi connectivity index (χ4v) is 1.27. The van der Waals surface area contributed by atoms with Crippen LogP contribution in [-0.4, -0.2) is 19.1 Å². The van der Waals surface area contributed by atoms with Gasteiger partial charge in [-0.15, -0.1) is 0 Å². The lowest BCUT2D eigenvalue weighted by Crippen LogP contribution is -2.16. The quantitative estimate of drug-likeness (QED) is 0.798. The van der Waals surface area contributed by atoms with Crippen LogP contribution in [0.5, 0.6) is 5.75 Å². The predicted octanol–water partition coefficient (Wildman–Crippen LogP) is 1.90. The maximum absolute atomic E-state index is 13.0.